The van der Waals surface area contributed by atoms with Gasteiger partial charge in [-0.25, -0.2) is 4.39 Å². The van der Waals surface area contributed by atoms with Crippen LogP contribution in [0.2, 0.25) is 0 Å². The number of aliphatic hydroxyl groups is 1. The van der Waals surface area contributed by atoms with Crippen molar-refractivity contribution in [2.24, 2.45) is 0 Å². The fourth-order valence-electron chi connectivity index (χ4n) is 1.31. The lowest BCUT2D eigenvalue weighted by Gasteiger charge is -2.13. The number of amides is 1. The van der Waals surface area contributed by atoms with Gasteiger partial charge in [0.15, 0.2) is 6.61 Å². The molecule has 0 aliphatic carbocycles. The summed E-state index contributed by atoms with van der Waals surface area (Å²) in [4.78, 5) is 11.2. The van der Waals surface area contributed by atoms with Gasteiger partial charge in [0.1, 0.15) is 18.1 Å². The van der Waals surface area contributed by atoms with E-state index in [1.165, 1.54) is 19.1 Å². The maximum Gasteiger partial charge on any atom is 0.258 e. The maximum absolute atomic E-state index is 13.0. The Kier molecular flexibility index (Phi) is 5.08. The first-order valence-electron chi connectivity index (χ1n) is 5.28. The molecule has 1 atom stereocenters. The van der Waals surface area contributed by atoms with Crippen LogP contribution in [0.1, 0.15) is 18.6 Å². The van der Waals surface area contributed by atoms with Crippen LogP contribution in [0, 0.1) is 17.1 Å². The molecule has 0 heterocycles. The molecule has 0 aliphatic rings. The Morgan fingerprint density at radius 2 is 2.39 bits per heavy atom. The molecule has 0 bridgehead atoms. The summed E-state index contributed by atoms with van der Waals surface area (Å²) in [5, 5.41) is 20.0. The van der Waals surface area contributed by atoms with Crippen molar-refractivity contribution in [1.29, 1.82) is 5.26 Å². The van der Waals surface area contributed by atoms with Gasteiger partial charge in [0.05, 0.1) is 12.2 Å². The highest BCUT2D eigenvalue weighted by Crippen LogP contribution is 2.25. The SMILES string of the molecule is C[C@@H](O)c1ccc(F)cc1OCC(=O)NCC#N. The van der Waals surface area contributed by atoms with Crippen molar-refractivity contribution in [3.05, 3.63) is 29.6 Å². The zero-order chi connectivity index (χ0) is 13.5. The second kappa shape index (κ2) is 6.57. The molecule has 0 radical (unpaired) electrons. The van der Waals surface area contributed by atoms with Crippen molar-refractivity contribution in [2.45, 2.75) is 13.0 Å². The molecule has 0 fully saturated rings. The Labute approximate surface area is 104 Å². The Morgan fingerprint density at radius 1 is 1.67 bits per heavy atom. The number of halogens is 1. The van der Waals surface area contributed by atoms with Crippen molar-refractivity contribution < 1.29 is 19.0 Å². The topological polar surface area (TPSA) is 82.3 Å². The number of nitrogens with zero attached hydrogens (tertiary/aromatic N) is 1. The van der Waals surface area contributed by atoms with E-state index < -0.39 is 17.8 Å². The minimum atomic E-state index is -0.831. The maximum atomic E-state index is 13.0. The Hall–Kier alpha value is -2.13. The van der Waals surface area contributed by atoms with Crippen molar-refractivity contribution in [3.63, 3.8) is 0 Å². The number of nitriles is 1. The standard InChI is InChI=1S/C12H13FN2O3/c1-8(16)10-3-2-9(13)6-11(10)18-7-12(17)15-5-4-14/h2-3,6,8,16H,5,7H2,1H3,(H,15,17)/t8-/m1/s1. The Morgan fingerprint density at radius 3 is 3.00 bits per heavy atom. The number of rotatable bonds is 5. The highest BCUT2D eigenvalue weighted by Gasteiger charge is 2.11. The van der Waals surface area contributed by atoms with Crippen LogP contribution in [-0.2, 0) is 4.79 Å². The van der Waals surface area contributed by atoms with Gasteiger partial charge in [0.2, 0.25) is 0 Å². The number of nitrogens with one attached hydrogen (secondary N) is 1. The van der Waals surface area contributed by atoms with Gasteiger partial charge in [-0.05, 0) is 19.1 Å². The average Bonchev–Trinajstić information content (AvgIpc) is 2.33. The summed E-state index contributed by atoms with van der Waals surface area (Å²) in [6.45, 7) is 1.05. The summed E-state index contributed by atoms with van der Waals surface area (Å²) in [5.74, 6) is -0.902. The molecule has 1 aromatic rings. The molecule has 0 unspecified atom stereocenters. The lowest BCUT2D eigenvalue weighted by molar-refractivity contribution is -0.122. The number of carbonyl (C=O) groups is 1. The van der Waals surface area contributed by atoms with Gasteiger partial charge in [0.25, 0.3) is 5.91 Å². The molecule has 0 saturated heterocycles. The van der Waals surface area contributed by atoms with E-state index >= 15 is 0 Å². The molecule has 0 aliphatic heterocycles. The van der Waals surface area contributed by atoms with Crippen molar-refractivity contribution in [2.75, 3.05) is 13.2 Å². The summed E-state index contributed by atoms with van der Waals surface area (Å²) < 4.78 is 18.1. The quantitative estimate of drug-likeness (QED) is 0.763. The van der Waals surface area contributed by atoms with Crippen LogP contribution in [0.4, 0.5) is 4.39 Å². The summed E-state index contributed by atoms with van der Waals surface area (Å²) in [6, 6.07) is 5.44. The summed E-state index contributed by atoms with van der Waals surface area (Å²) in [6.07, 6.45) is -0.831. The third-order valence-electron chi connectivity index (χ3n) is 2.15. The second-order valence-corrected chi connectivity index (χ2v) is 3.58. The van der Waals surface area contributed by atoms with E-state index in [4.69, 9.17) is 10.00 Å². The fraction of sp³-hybridized carbons (Fsp3) is 0.333. The van der Waals surface area contributed by atoms with E-state index in [0.717, 1.165) is 6.07 Å². The first-order valence-corrected chi connectivity index (χ1v) is 5.28. The lowest BCUT2D eigenvalue weighted by atomic mass is 10.1. The molecular formula is C12H13FN2O3. The third-order valence-corrected chi connectivity index (χ3v) is 2.15. The molecule has 18 heavy (non-hydrogen) atoms. The van der Waals surface area contributed by atoms with Gasteiger partial charge in [0, 0.05) is 11.6 Å². The predicted molar refractivity (Wildman–Crippen MR) is 61.2 cm³/mol. The number of ether oxygens (including phenoxy) is 1. The molecule has 1 rings (SSSR count). The van der Waals surface area contributed by atoms with Crippen molar-refractivity contribution in [1.82, 2.24) is 5.32 Å². The minimum Gasteiger partial charge on any atom is -0.483 e. The molecule has 5 nitrogen and oxygen atoms in total. The van der Waals surface area contributed by atoms with E-state index in [2.05, 4.69) is 5.32 Å². The van der Waals surface area contributed by atoms with Crippen LogP contribution in [0.15, 0.2) is 18.2 Å². The number of benzene rings is 1. The minimum absolute atomic E-state index is 0.108. The first-order chi connectivity index (χ1) is 8.54. The Bertz CT molecular complexity index is 469. The second-order valence-electron chi connectivity index (χ2n) is 3.58. The molecule has 2 N–H and O–H groups in total. The predicted octanol–water partition coefficient (Wildman–Crippen LogP) is 0.898. The number of carbonyl (C=O) groups excluding carboxylic acids is 1. The van der Waals surface area contributed by atoms with Gasteiger partial charge in [-0.2, -0.15) is 5.26 Å². The highest BCUT2D eigenvalue weighted by molar-refractivity contribution is 5.77. The largest absolute Gasteiger partial charge is 0.483 e. The summed E-state index contributed by atoms with van der Waals surface area (Å²) in [7, 11) is 0. The fourth-order valence-corrected chi connectivity index (χ4v) is 1.31. The first kappa shape index (κ1) is 13.9. The van der Waals surface area contributed by atoms with E-state index in [1.54, 1.807) is 6.07 Å². The van der Waals surface area contributed by atoms with Gasteiger partial charge in [-0.3, -0.25) is 4.79 Å². The van der Waals surface area contributed by atoms with Crippen molar-refractivity contribution in [3.8, 4) is 11.8 Å². The van der Waals surface area contributed by atoms with Crippen LogP contribution >= 0.6 is 0 Å². The average molecular weight is 252 g/mol. The van der Waals surface area contributed by atoms with Crippen molar-refractivity contribution >= 4 is 5.91 Å². The van der Waals surface area contributed by atoms with Crippen LogP contribution < -0.4 is 10.1 Å². The zero-order valence-corrected chi connectivity index (χ0v) is 9.81. The van der Waals surface area contributed by atoms with E-state index in [1.807, 2.05) is 0 Å². The van der Waals surface area contributed by atoms with Gasteiger partial charge >= 0.3 is 0 Å². The molecule has 1 aromatic carbocycles. The number of hydrogen-bond donors (Lipinski definition) is 2. The summed E-state index contributed by atoms with van der Waals surface area (Å²) >= 11 is 0. The van der Waals surface area contributed by atoms with E-state index in [0.29, 0.717) is 5.56 Å². The van der Waals surface area contributed by atoms with Crippen LogP contribution in [0.3, 0.4) is 0 Å². The zero-order valence-electron chi connectivity index (χ0n) is 9.81. The Balaban J connectivity index is 2.69. The number of hydrogen-bond acceptors (Lipinski definition) is 4. The van der Waals surface area contributed by atoms with Crippen LogP contribution in [-0.4, -0.2) is 24.2 Å². The number of aliphatic hydroxyl groups excluding tert-OH is 1. The molecule has 1 amide bonds. The summed E-state index contributed by atoms with van der Waals surface area (Å²) in [5.41, 5.74) is 0.393. The smallest absolute Gasteiger partial charge is 0.258 e. The normalized spacial score (nSPS) is 11.4. The lowest BCUT2D eigenvalue weighted by Crippen LogP contribution is -2.29. The molecule has 6 heteroatoms. The monoisotopic (exact) mass is 252 g/mol. The molecule has 96 valence electrons. The molecular weight excluding hydrogens is 239 g/mol. The van der Waals surface area contributed by atoms with E-state index in [9.17, 15) is 14.3 Å². The third kappa shape index (κ3) is 4.03. The van der Waals surface area contributed by atoms with E-state index in [-0.39, 0.29) is 18.9 Å². The van der Waals surface area contributed by atoms with Crippen LogP contribution in [0.25, 0.3) is 0 Å². The molecule has 0 aromatic heterocycles. The highest BCUT2D eigenvalue weighted by atomic mass is 19.1. The van der Waals surface area contributed by atoms with Crippen LogP contribution in [0.5, 0.6) is 5.75 Å². The molecule has 0 saturated carbocycles. The van der Waals surface area contributed by atoms with Gasteiger partial charge in [-0.15, -0.1) is 0 Å². The van der Waals surface area contributed by atoms with Gasteiger partial charge < -0.3 is 15.2 Å². The van der Waals surface area contributed by atoms with Gasteiger partial charge in [-0.1, -0.05) is 0 Å². The molecule has 0 spiro atoms.